The largest absolute Gasteiger partial charge is 0.497 e. The molecule has 0 radical (unpaired) electrons. The standard InChI is InChI=1S/C15H21Br2NO/c1-19-14-6-7-15(17)12(10-14)11-18(9-3-8-16)13-4-2-5-13/h6-7,10,13H,2-5,8-9,11H2,1H3. The Kier molecular flexibility index (Phi) is 6.17. The molecule has 0 unspecified atom stereocenters. The highest BCUT2D eigenvalue weighted by Crippen LogP contribution is 2.29. The molecule has 106 valence electrons. The molecule has 0 N–H and O–H groups in total. The topological polar surface area (TPSA) is 12.5 Å². The molecule has 0 amide bonds. The number of alkyl halides is 1. The normalized spacial score (nSPS) is 15.6. The molecule has 1 aliphatic carbocycles. The van der Waals surface area contributed by atoms with E-state index in [9.17, 15) is 0 Å². The van der Waals surface area contributed by atoms with Crippen LogP contribution >= 0.6 is 31.9 Å². The molecule has 2 rings (SSSR count). The van der Waals surface area contributed by atoms with Crippen molar-refractivity contribution < 1.29 is 4.74 Å². The summed E-state index contributed by atoms with van der Waals surface area (Å²) in [7, 11) is 1.72. The zero-order chi connectivity index (χ0) is 13.7. The Morgan fingerprint density at radius 2 is 2.16 bits per heavy atom. The van der Waals surface area contributed by atoms with Crippen LogP contribution < -0.4 is 4.74 Å². The summed E-state index contributed by atoms with van der Waals surface area (Å²) in [5, 5.41) is 1.08. The van der Waals surface area contributed by atoms with E-state index >= 15 is 0 Å². The minimum atomic E-state index is 0.775. The smallest absolute Gasteiger partial charge is 0.119 e. The molecule has 0 aliphatic heterocycles. The summed E-state index contributed by atoms with van der Waals surface area (Å²) in [6, 6.07) is 7.00. The second-order valence-corrected chi connectivity index (χ2v) is 6.70. The Hall–Kier alpha value is -0.0600. The molecular weight excluding hydrogens is 370 g/mol. The predicted octanol–water partition coefficient (Wildman–Crippen LogP) is 4.60. The summed E-state index contributed by atoms with van der Waals surface area (Å²) >= 11 is 7.19. The van der Waals surface area contributed by atoms with Crippen molar-refractivity contribution in [1.29, 1.82) is 0 Å². The maximum Gasteiger partial charge on any atom is 0.119 e. The molecule has 0 bridgehead atoms. The Morgan fingerprint density at radius 1 is 1.37 bits per heavy atom. The van der Waals surface area contributed by atoms with Gasteiger partial charge < -0.3 is 4.74 Å². The van der Waals surface area contributed by atoms with Gasteiger partial charge in [0.05, 0.1) is 7.11 Å². The number of rotatable bonds is 7. The van der Waals surface area contributed by atoms with E-state index in [-0.39, 0.29) is 0 Å². The van der Waals surface area contributed by atoms with Gasteiger partial charge in [-0.25, -0.2) is 0 Å². The Balaban J connectivity index is 2.06. The number of ether oxygens (including phenoxy) is 1. The van der Waals surface area contributed by atoms with Gasteiger partial charge in [0.25, 0.3) is 0 Å². The van der Waals surface area contributed by atoms with Gasteiger partial charge in [0.2, 0.25) is 0 Å². The SMILES string of the molecule is COc1ccc(Br)c(CN(CCCBr)C2CCC2)c1. The van der Waals surface area contributed by atoms with Gasteiger partial charge in [-0.1, -0.05) is 38.3 Å². The molecule has 4 heteroatoms. The van der Waals surface area contributed by atoms with Crippen LogP contribution in [0, 0.1) is 0 Å². The van der Waals surface area contributed by atoms with Gasteiger partial charge in [-0.05, 0) is 49.6 Å². The molecule has 1 saturated carbocycles. The zero-order valence-electron chi connectivity index (χ0n) is 11.4. The van der Waals surface area contributed by atoms with E-state index in [1.807, 2.05) is 6.07 Å². The van der Waals surface area contributed by atoms with Gasteiger partial charge in [0, 0.05) is 22.4 Å². The first-order chi connectivity index (χ1) is 9.24. The van der Waals surface area contributed by atoms with Crippen LogP contribution in [0.25, 0.3) is 0 Å². The second kappa shape index (κ2) is 7.65. The third kappa shape index (κ3) is 4.20. The lowest BCUT2D eigenvalue weighted by Gasteiger charge is -2.37. The van der Waals surface area contributed by atoms with Crippen LogP contribution in [-0.4, -0.2) is 29.9 Å². The van der Waals surface area contributed by atoms with E-state index in [0.717, 1.165) is 23.7 Å². The zero-order valence-corrected chi connectivity index (χ0v) is 14.5. The first kappa shape index (κ1) is 15.3. The van der Waals surface area contributed by atoms with Crippen LogP contribution in [0.15, 0.2) is 22.7 Å². The number of hydrogen-bond donors (Lipinski definition) is 0. The van der Waals surface area contributed by atoms with E-state index in [4.69, 9.17) is 4.74 Å². The molecule has 0 aromatic heterocycles. The Bertz CT molecular complexity index is 407. The van der Waals surface area contributed by atoms with E-state index in [1.54, 1.807) is 7.11 Å². The molecule has 0 saturated heterocycles. The number of halogens is 2. The van der Waals surface area contributed by atoms with Gasteiger partial charge in [-0.15, -0.1) is 0 Å². The van der Waals surface area contributed by atoms with Crippen molar-refractivity contribution in [2.45, 2.75) is 38.3 Å². The molecule has 1 fully saturated rings. The fraction of sp³-hybridized carbons (Fsp3) is 0.600. The van der Waals surface area contributed by atoms with Gasteiger partial charge in [-0.2, -0.15) is 0 Å². The second-order valence-electron chi connectivity index (χ2n) is 5.06. The molecule has 19 heavy (non-hydrogen) atoms. The number of methoxy groups -OCH3 is 1. The lowest BCUT2D eigenvalue weighted by Crippen LogP contribution is -2.40. The highest BCUT2D eigenvalue weighted by atomic mass is 79.9. The van der Waals surface area contributed by atoms with Crippen LogP contribution in [0.2, 0.25) is 0 Å². The van der Waals surface area contributed by atoms with Crippen LogP contribution in [0.1, 0.15) is 31.2 Å². The molecule has 0 spiro atoms. The molecule has 0 atom stereocenters. The maximum atomic E-state index is 5.33. The molecule has 0 heterocycles. The molecule has 1 aliphatic rings. The minimum Gasteiger partial charge on any atom is -0.497 e. The quantitative estimate of drug-likeness (QED) is 0.631. The Labute approximate surface area is 132 Å². The average Bonchev–Trinajstić information content (AvgIpc) is 2.36. The van der Waals surface area contributed by atoms with Crippen molar-refractivity contribution in [3.05, 3.63) is 28.2 Å². The van der Waals surface area contributed by atoms with E-state index < -0.39 is 0 Å². The number of hydrogen-bond acceptors (Lipinski definition) is 2. The first-order valence-corrected chi connectivity index (χ1v) is 8.78. The molecule has 1 aromatic carbocycles. The van der Waals surface area contributed by atoms with E-state index in [2.05, 4.69) is 48.9 Å². The summed E-state index contributed by atoms with van der Waals surface area (Å²) in [5.41, 5.74) is 1.32. The van der Waals surface area contributed by atoms with Crippen LogP contribution in [0.3, 0.4) is 0 Å². The van der Waals surface area contributed by atoms with Crippen LogP contribution in [-0.2, 0) is 6.54 Å². The summed E-state index contributed by atoms with van der Waals surface area (Å²) in [6.45, 7) is 2.18. The summed E-state index contributed by atoms with van der Waals surface area (Å²) < 4.78 is 6.50. The van der Waals surface area contributed by atoms with Gasteiger partial charge >= 0.3 is 0 Å². The van der Waals surface area contributed by atoms with Crippen molar-refractivity contribution in [1.82, 2.24) is 4.90 Å². The van der Waals surface area contributed by atoms with Crippen molar-refractivity contribution in [2.24, 2.45) is 0 Å². The fourth-order valence-corrected chi connectivity index (χ4v) is 3.05. The van der Waals surface area contributed by atoms with Gasteiger partial charge in [0.1, 0.15) is 5.75 Å². The van der Waals surface area contributed by atoms with Crippen molar-refractivity contribution in [3.63, 3.8) is 0 Å². The van der Waals surface area contributed by atoms with Crippen molar-refractivity contribution in [3.8, 4) is 5.75 Å². The van der Waals surface area contributed by atoms with Crippen molar-refractivity contribution >= 4 is 31.9 Å². The van der Waals surface area contributed by atoms with Gasteiger partial charge in [-0.3, -0.25) is 4.90 Å². The minimum absolute atomic E-state index is 0.775. The first-order valence-electron chi connectivity index (χ1n) is 6.87. The highest BCUT2D eigenvalue weighted by molar-refractivity contribution is 9.10. The summed E-state index contributed by atoms with van der Waals surface area (Å²) in [6.07, 6.45) is 5.29. The average molecular weight is 391 g/mol. The van der Waals surface area contributed by atoms with E-state index in [0.29, 0.717) is 0 Å². The lowest BCUT2D eigenvalue weighted by atomic mass is 9.91. The van der Waals surface area contributed by atoms with Crippen LogP contribution in [0.4, 0.5) is 0 Å². The summed E-state index contributed by atoms with van der Waals surface area (Å²) in [4.78, 5) is 2.62. The van der Waals surface area contributed by atoms with Crippen LogP contribution in [0.5, 0.6) is 5.75 Å². The van der Waals surface area contributed by atoms with Gasteiger partial charge in [0.15, 0.2) is 0 Å². The predicted molar refractivity (Wildman–Crippen MR) is 87.2 cm³/mol. The molecular formula is C15H21Br2NO. The maximum absolute atomic E-state index is 5.33. The molecule has 2 nitrogen and oxygen atoms in total. The Morgan fingerprint density at radius 3 is 2.74 bits per heavy atom. The third-order valence-corrected chi connectivity index (χ3v) is 5.13. The lowest BCUT2D eigenvalue weighted by molar-refractivity contribution is 0.120. The summed E-state index contributed by atoms with van der Waals surface area (Å²) in [5.74, 6) is 0.937. The highest BCUT2D eigenvalue weighted by Gasteiger charge is 2.25. The van der Waals surface area contributed by atoms with E-state index in [1.165, 1.54) is 42.3 Å². The van der Waals surface area contributed by atoms with Crippen molar-refractivity contribution in [2.75, 3.05) is 19.0 Å². The number of benzene rings is 1. The number of nitrogens with zero attached hydrogens (tertiary/aromatic N) is 1. The fourth-order valence-electron chi connectivity index (χ4n) is 2.42. The third-order valence-electron chi connectivity index (χ3n) is 3.80. The monoisotopic (exact) mass is 389 g/mol. The molecule has 1 aromatic rings.